The van der Waals surface area contributed by atoms with Crippen LogP contribution in [0.15, 0.2) is 67.0 Å². The van der Waals surface area contributed by atoms with Crippen molar-refractivity contribution in [3.05, 3.63) is 89.4 Å². The second-order valence-electron chi connectivity index (χ2n) is 9.25. The SMILES string of the molecule is C=C(Cc1ccc(F)cc1)C(=O)n1ccc(N2CCOc3cc(C(=O)N4CCCCC4)cnc32)cc1=N. The Kier molecular flexibility index (Phi) is 6.85. The summed E-state index contributed by atoms with van der Waals surface area (Å²) in [6.07, 6.45) is 6.55. The number of piperidine rings is 1. The predicted octanol–water partition coefficient (Wildman–Crippen LogP) is 4.10. The fourth-order valence-electron chi connectivity index (χ4n) is 4.68. The number of rotatable bonds is 5. The molecule has 9 heteroatoms. The first-order valence-electron chi connectivity index (χ1n) is 12.3. The Labute approximate surface area is 214 Å². The molecule has 1 amide bonds. The van der Waals surface area contributed by atoms with Crippen molar-refractivity contribution in [2.45, 2.75) is 25.7 Å². The molecule has 37 heavy (non-hydrogen) atoms. The van der Waals surface area contributed by atoms with Gasteiger partial charge in [-0.2, -0.15) is 0 Å². The number of pyridine rings is 2. The summed E-state index contributed by atoms with van der Waals surface area (Å²) >= 11 is 0. The minimum Gasteiger partial charge on any atom is -0.488 e. The van der Waals surface area contributed by atoms with Crippen molar-refractivity contribution in [2.24, 2.45) is 0 Å². The number of hydrogen-bond acceptors (Lipinski definition) is 6. The summed E-state index contributed by atoms with van der Waals surface area (Å²) in [5.41, 5.74) is 2.23. The Morgan fingerprint density at radius 2 is 1.81 bits per heavy atom. The van der Waals surface area contributed by atoms with Crippen LogP contribution in [0.3, 0.4) is 0 Å². The van der Waals surface area contributed by atoms with Gasteiger partial charge in [0.1, 0.15) is 17.9 Å². The van der Waals surface area contributed by atoms with E-state index in [4.69, 9.17) is 10.1 Å². The molecule has 1 fully saturated rings. The third-order valence-corrected chi connectivity index (χ3v) is 6.65. The smallest absolute Gasteiger partial charge is 0.259 e. The molecule has 2 aliphatic rings. The fraction of sp³-hybridized carbons (Fsp3) is 0.286. The van der Waals surface area contributed by atoms with Crippen LogP contribution in [0.2, 0.25) is 0 Å². The van der Waals surface area contributed by atoms with Gasteiger partial charge in [-0.1, -0.05) is 18.7 Å². The third-order valence-electron chi connectivity index (χ3n) is 6.65. The number of nitrogens with zero attached hydrogens (tertiary/aromatic N) is 4. The molecule has 2 aromatic heterocycles. The molecule has 5 rings (SSSR count). The van der Waals surface area contributed by atoms with Crippen LogP contribution in [0.25, 0.3) is 0 Å². The van der Waals surface area contributed by atoms with Crippen molar-refractivity contribution in [3.8, 4) is 5.75 Å². The molecule has 0 aliphatic carbocycles. The van der Waals surface area contributed by atoms with Gasteiger partial charge >= 0.3 is 0 Å². The summed E-state index contributed by atoms with van der Waals surface area (Å²) in [5.74, 6) is 0.293. The van der Waals surface area contributed by atoms with Crippen LogP contribution in [0, 0.1) is 11.2 Å². The number of amides is 1. The highest BCUT2D eigenvalue weighted by Gasteiger charge is 2.25. The molecule has 0 saturated carbocycles. The maximum Gasteiger partial charge on any atom is 0.259 e. The lowest BCUT2D eigenvalue weighted by molar-refractivity contribution is 0.0723. The topological polar surface area (TPSA) is 91.5 Å². The van der Waals surface area contributed by atoms with Crippen LogP contribution in [0.1, 0.15) is 40.0 Å². The zero-order chi connectivity index (χ0) is 25.9. The number of nitrogens with one attached hydrogen (secondary N) is 1. The molecule has 8 nitrogen and oxygen atoms in total. The summed E-state index contributed by atoms with van der Waals surface area (Å²) in [5, 5.41) is 8.47. The zero-order valence-electron chi connectivity index (χ0n) is 20.5. The van der Waals surface area contributed by atoms with Crippen LogP contribution in [0.4, 0.5) is 15.9 Å². The maximum absolute atomic E-state index is 13.2. The minimum atomic E-state index is -0.401. The predicted molar refractivity (Wildman–Crippen MR) is 137 cm³/mol. The van der Waals surface area contributed by atoms with Gasteiger partial charge in [0.2, 0.25) is 0 Å². The molecule has 0 bridgehead atoms. The highest BCUT2D eigenvalue weighted by atomic mass is 19.1. The van der Waals surface area contributed by atoms with Crippen LogP contribution >= 0.6 is 0 Å². The zero-order valence-corrected chi connectivity index (χ0v) is 20.5. The number of halogens is 1. The van der Waals surface area contributed by atoms with Gasteiger partial charge in [-0.3, -0.25) is 19.6 Å². The van der Waals surface area contributed by atoms with E-state index in [2.05, 4.69) is 11.6 Å². The van der Waals surface area contributed by atoms with Crippen molar-refractivity contribution in [1.82, 2.24) is 14.5 Å². The van der Waals surface area contributed by atoms with Gasteiger partial charge in [0, 0.05) is 49.2 Å². The quantitative estimate of drug-likeness (QED) is 0.532. The monoisotopic (exact) mass is 501 g/mol. The normalized spacial score (nSPS) is 15.1. The van der Waals surface area contributed by atoms with Gasteiger partial charge in [0.15, 0.2) is 11.6 Å². The summed E-state index contributed by atoms with van der Waals surface area (Å²) < 4.78 is 20.2. The van der Waals surface area contributed by atoms with E-state index in [0.717, 1.165) is 37.9 Å². The largest absolute Gasteiger partial charge is 0.488 e. The number of carbonyl (C=O) groups excluding carboxylic acids is 2. The number of ether oxygens (including phenoxy) is 1. The number of carbonyl (C=O) groups is 2. The molecule has 0 radical (unpaired) electrons. The average molecular weight is 502 g/mol. The second-order valence-corrected chi connectivity index (χ2v) is 9.25. The fourth-order valence-corrected chi connectivity index (χ4v) is 4.68. The first-order chi connectivity index (χ1) is 17.9. The Balaban J connectivity index is 1.34. The number of aromatic nitrogens is 2. The Hall–Kier alpha value is -4.27. The lowest BCUT2D eigenvalue weighted by Crippen LogP contribution is -2.36. The molecule has 190 valence electrons. The second kappa shape index (κ2) is 10.4. The van der Waals surface area contributed by atoms with Gasteiger partial charge < -0.3 is 14.5 Å². The number of fused-ring (bicyclic) bond motifs is 1. The highest BCUT2D eigenvalue weighted by molar-refractivity contribution is 5.96. The summed E-state index contributed by atoms with van der Waals surface area (Å²) in [4.78, 5) is 34.2. The molecular formula is C28H28FN5O3. The molecule has 1 N–H and O–H groups in total. The van der Waals surface area contributed by atoms with E-state index in [1.165, 1.54) is 16.7 Å². The number of likely N-dealkylation sites (tertiary alicyclic amines) is 1. The average Bonchev–Trinajstić information content (AvgIpc) is 2.93. The van der Waals surface area contributed by atoms with Crippen LogP contribution in [-0.4, -0.2) is 52.5 Å². The lowest BCUT2D eigenvalue weighted by Gasteiger charge is -2.31. The van der Waals surface area contributed by atoms with E-state index in [1.54, 1.807) is 42.7 Å². The molecule has 4 heterocycles. The molecule has 0 unspecified atom stereocenters. The van der Waals surface area contributed by atoms with Crippen molar-refractivity contribution < 1.29 is 18.7 Å². The highest BCUT2D eigenvalue weighted by Crippen LogP contribution is 2.35. The first-order valence-corrected chi connectivity index (χ1v) is 12.3. The molecule has 0 spiro atoms. The van der Waals surface area contributed by atoms with E-state index >= 15 is 0 Å². The molecule has 0 atom stereocenters. The summed E-state index contributed by atoms with van der Waals surface area (Å²) in [6.45, 7) is 6.29. The molecule has 1 aromatic carbocycles. The van der Waals surface area contributed by atoms with Gasteiger partial charge in [-0.15, -0.1) is 0 Å². The van der Waals surface area contributed by atoms with Crippen molar-refractivity contribution >= 4 is 23.3 Å². The summed E-state index contributed by atoms with van der Waals surface area (Å²) in [6, 6.07) is 11.0. The Bertz CT molecular complexity index is 1410. The number of anilines is 2. The van der Waals surface area contributed by atoms with Crippen molar-refractivity contribution in [1.29, 1.82) is 5.41 Å². The molecule has 2 aliphatic heterocycles. The Morgan fingerprint density at radius 3 is 2.54 bits per heavy atom. The van der Waals surface area contributed by atoms with Crippen LogP contribution in [0.5, 0.6) is 5.75 Å². The van der Waals surface area contributed by atoms with E-state index in [1.807, 2.05) is 9.80 Å². The minimum absolute atomic E-state index is 0.00676. The third kappa shape index (κ3) is 5.16. The number of allylic oxidation sites excluding steroid dienone is 1. The maximum atomic E-state index is 13.2. The van der Waals surface area contributed by atoms with Crippen LogP contribution < -0.4 is 15.1 Å². The Morgan fingerprint density at radius 1 is 1.05 bits per heavy atom. The lowest BCUT2D eigenvalue weighted by atomic mass is 10.1. The van der Waals surface area contributed by atoms with E-state index < -0.39 is 5.91 Å². The van der Waals surface area contributed by atoms with Gasteiger partial charge in [0.05, 0.1) is 12.1 Å². The molecular weight excluding hydrogens is 473 g/mol. The van der Waals surface area contributed by atoms with Crippen LogP contribution in [-0.2, 0) is 6.42 Å². The number of hydrogen-bond donors (Lipinski definition) is 1. The number of benzene rings is 1. The van der Waals surface area contributed by atoms with Crippen molar-refractivity contribution in [2.75, 3.05) is 31.1 Å². The van der Waals surface area contributed by atoms with E-state index in [-0.39, 0.29) is 23.6 Å². The molecule has 1 saturated heterocycles. The standard InChI is InChI=1S/C28H28FN5O3/c1-19(15-20-5-7-22(29)8-6-20)27(35)34-12-9-23(17-25(34)30)33-13-14-37-24-16-21(18-31-26(24)33)28(36)32-10-3-2-4-11-32/h5-9,12,16-18,30H,1-4,10-11,13-15H2. The van der Waals surface area contributed by atoms with E-state index in [9.17, 15) is 14.0 Å². The van der Waals surface area contributed by atoms with Crippen molar-refractivity contribution in [3.63, 3.8) is 0 Å². The van der Waals surface area contributed by atoms with Gasteiger partial charge in [-0.25, -0.2) is 9.37 Å². The summed E-state index contributed by atoms with van der Waals surface area (Å²) in [7, 11) is 0. The molecule has 3 aromatic rings. The first kappa shape index (κ1) is 24.4. The van der Waals surface area contributed by atoms with E-state index in [0.29, 0.717) is 41.5 Å². The van der Waals surface area contributed by atoms with Gasteiger partial charge in [-0.05, 0) is 49.1 Å². The van der Waals surface area contributed by atoms with Gasteiger partial charge in [0.25, 0.3) is 11.8 Å².